The first-order chi connectivity index (χ1) is 13.6. The molecule has 7 nitrogen and oxygen atoms in total. The summed E-state index contributed by atoms with van der Waals surface area (Å²) < 4.78 is 16.5. The maximum absolute atomic E-state index is 5.59. The van der Waals surface area contributed by atoms with Gasteiger partial charge < -0.3 is 24.8 Å². The van der Waals surface area contributed by atoms with Crippen LogP contribution in [-0.4, -0.2) is 70.0 Å². The minimum atomic E-state index is 0.397. The van der Waals surface area contributed by atoms with Crippen molar-refractivity contribution >= 4 is 11.6 Å². The summed E-state index contributed by atoms with van der Waals surface area (Å²) in [6, 6.07) is 6.22. The maximum atomic E-state index is 5.59. The minimum absolute atomic E-state index is 0.397. The number of rotatable bonds is 9. The smallest absolute Gasteiger partial charge is 0.195 e. The summed E-state index contributed by atoms with van der Waals surface area (Å²) in [5, 5.41) is 6.71. The van der Waals surface area contributed by atoms with Crippen molar-refractivity contribution in [3.8, 4) is 11.5 Å². The highest BCUT2D eigenvalue weighted by Crippen LogP contribution is 2.30. The Hall–Kier alpha value is -1.99. The highest BCUT2D eigenvalue weighted by atomic mass is 16.5. The summed E-state index contributed by atoms with van der Waals surface area (Å²) in [4.78, 5) is 7.35. The third-order valence-corrected chi connectivity index (χ3v) is 4.79. The number of ether oxygens (including phenoxy) is 3. The van der Waals surface area contributed by atoms with Gasteiger partial charge in [-0.2, -0.15) is 0 Å². The summed E-state index contributed by atoms with van der Waals surface area (Å²) in [6.45, 7) is 14.2. The van der Waals surface area contributed by atoms with E-state index in [1.54, 1.807) is 7.11 Å². The molecule has 1 atom stereocenters. The average molecular weight is 393 g/mol. The Morgan fingerprint density at radius 1 is 1.21 bits per heavy atom. The molecule has 1 aliphatic heterocycles. The third kappa shape index (κ3) is 6.56. The lowest BCUT2D eigenvalue weighted by atomic mass is 10.0. The van der Waals surface area contributed by atoms with E-state index in [4.69, 9.17) is 19.2 Å². The van der Waals surface area contributed by atoms with Crippen molar-refractivity contribution in [2.24, 2.45) is 10.9 Å². The Bertz CT molecular complexity index is 616. The van der Waals surface area contributed by atoms with Gasteiger partial charge in [-0.1, -0.05) is 13.8 Å². The first-order valence-corrected chi connectivity index (χ1v) is 10.3. The highest BCUT2D eigenvalue weighted by molar-refractivity contribution is 5.93. The predicted octanol–water partition coefficient (Wildman–Crippen LogP) is 2.83. The Kier molecular flexibility index (Phi) is 9.37. The average Bonchev–Trinajstić information content (AvgIpc) is 2.70. The number of nitrogens with zero attached hydrogens (tertiary/aromatic N) is 2. The van der Waals surface area contributed by atoms with Gasteiger partial charge >= 0.3 is 0 Å². The molecule has 1 aromatic carbocycles. The molecule has 1 unspecified atom stereocenters. The first kappa shape index (κ1) is 22.3. The molecular weight excluding hydrogens is 356 g/mol. The fraction of sp³-hybridized carbons (Fsp3) is 0.667. The van der Waals surface area contributed by atoms with E-state index in [-0.39, 0.29) is 0 Å². The van der Waals surface area contributed by atoms with Crippen LogP contribution in [0, 0.1) is 5.92 Å². The SMILES string of the molecule is CCNC(=NCC(C(C)C)N1CCOCC1)Nc1ccc(OCC)c(OC)c1. The van der Waals surface area contributed by atoms with E-state index >= 15 is 0 Å². The van der Waals surface area contributed by atoms with Crippen LogP contribution >= 0.6 is 0 Å². The van der Waals surface area contributed by atoms with Crippen LogP contribution in [0.25, 0.3) is 0 Å². The van der Waals surface area contributed by atoms with Gasteiger partial charge in [0.15, 0.2) is 17.5 Å². The number of morpholine rings is 1. The van der Waals surface area contributed by atoms with E-state index in [1.165, 1.54) is 0 Å². The van der Waals surface area contributed by atoms with Gasteiger partial charge in [0.1, 0.15) is 0 Å². The first-order valence-electron chi connectivity index (χ1n) is 10.3. The number of hydrogen-bond acceptors (Lipinski definition) is 5. The normalized spacial score (nSPS) is 16.7. The predicted molar refractivity (Wildman–Crippen MR) is 115 cm³/mol. The van der Waals surface area contributed by atoms with Crippen molar-refractivity contribution in [3.05, 3.63) is 18.2 Å². The van der Waals surface area contributed by atoms with E-state index in [1.807, 2.05) is 25.1 Å². The lowest BCUT2D eigenvalue weighted by Crippen LogP contribution is -2.48. The van der Waals surface area contributed by atoms with Gasteiger partial charge in [-0.15, -0.1) is 0 Å². The lowest BCUT2D eigenvalue weighted by Gasteiger charge is -2.36. The molecule has 1 saturated heterocycles. The molecule has 1 aromatic rings. The van der Waals surface area contributed by atoms with Crippen LogP contribution in [-0.2, 0) is 4.74 Å². The molecule has 158 valence electrons. The Morgan fingerprint density at radius 3 is 2.57 bits per heavy atom. The second kappa shape index (κ2) is 11.8. The standard InChI is InChI=1S/C21H36N4O3/c1-6-22-21(23-15-18(16(3)4)25-10-12-27-13-11-25)24-17-8-9-19(28-7-2)20(14-17)26-5/h8-9,14,16,18H,6-7,10-13,15H2,1-5H3,(H2,22,23,24). The van der Waals surface area contributed by atoms with Crippen LogP contribution in [0.5, 0.6) is 11.5 Å². The molecular formula is C21H36N4O3. The molecule has 0 saturated carbocycles. The van der Waals surface area contributed by atoms with E-state index in [0.29, 0.717) is 24.3 Å². The van der Waals surface area contributed by atoms with Gasteiger partial charge in [0.05, 0.1) is 33.5 Å². The van der Waals surface area contributed by atoms with Gasteiger partial charge in [-0.05, 0) is 31.9 Å². The zero-order chi connectivity index (χ0) is 20.4. The number of benzene rings is 1. The van der Waals surface area contributed by atoms with Crippen LogP contribution in [0.1, 0.15) is 27.7 Å². The van der Waals surface area contributed by atoms with Crippen LogP contribution in [0.2, 0.25) is 0 Å². The lowest BCUT2D eigenvalue weighted by molar-refractivity contribution is 0.00869. The van der Waals surface area contributed by atoms with Crippen LogP contribution in [0.4, 0.5) is 5.69 Å². The molecule has 28 heavy (non-hydrogen) atoms. The monoisotopic (exact) mass is 392 g/mol. The van der Waals surface area contributed by atoms with Crippen molar-refractivity contribution in [1.82, 2.24) is 10.2 Å². The molecule has 1 aliphatic rings. The number of methoxy groups -OCH3 is 1. The molecule has 0 aliphatic carbocycles. The van der Waals surface area contributed by atoms with E-state index in [0.717, 1.165) is 56.8 Å². The van der Waals surface area contributed by atoms with Crippen molar-refractivity contribution < 1.29 is 14.2 Å². The van der Waals surface area contributed by atoms with Gasteiger partial charge in [0.2, 0.25) is 0 Å². The van der Waals surface area contributed by atoms with Gasteiger partial charge in [-0.3, -0.25) is 9.89 Å². The van der Waals surface area contributed by atoms with E-state index < -0.39 is 0 Å². The summed E-state index contributed by atoms with van der Waals surface area (Å²) >= 11 is 0. The molecule has 0 radical (unpaired) electrons. The van der Waals surface area contributed by atoms with E-state index in [9.17, 15) is 0 Å². The molecule has 0 amide bonds. The fourth-order valence-electron chi connectivity index (χ4n) is 3.31. The number of hydrogen-bond donors (Lipinski definition) is 2. The van der Waals surface area contributed by atoms with Crippen LogP contribution in [0.3, 0.4) is 0 Å². The third-order valence-electron chi connectivity index (χ3n) is 4.79. The van der Waals surface area contributed by atoms with Gasteiger partial charge in [-0.25, -0.2) is 0 Å². The molecule has 0 bridgehead atoms. The quantitative estimate of drug-likeness (QED) is 0.498. The highest BCUT2D eigenvalue weighted by Gasteiger charge is 2.23. The topological polar surface area (TPSA) is 67.4 Å². The Labute approximate surface area is 169 Å². The van der Waals surface area contributed by atoms with Gasteiger partial charge in [0.25, 0.3) is 0 Å². The number of nitrogens with one attached hydrogen (secondary N) is 2. The van der Waals surface area contributed by atoms with Gasteiger partial charge in [0, 0.05) is 37.4 Å². The Balaban J connectivity index is 2.10. The largest absolute Gasteiger partial charge is 0.493 e. The minimum Gasteiger partial charge on any atom is -0.493 e. The molecule has 2 rings (SSSR count). The zero-order valence-corrected chi connectivity index (χ0v) is 18.0. The summed E-state index contributed by atoms with van der Waals surface area (Å²) in [5.41, 5.74) is 0.910. The van der Waals surface area contributed by atoms with E-state index in [2.05, 4.69) is 36.3 Å². The molecule has 0 aromatic heterocycles. The summed E-state index contributed by atoms with van der Waals surface area (Å²) in [7, 11) is 1.65. The molecule has 0 spiro atoms. The maximum Gasteiger partial charge on any atom is 0.195 e. The van der Waals surface area contributed by atoms with Crippen molar-refractivity contribution in [3.63, 3.8) is 0 Å². The number of guanidine groups is 1. The second-order valence-corrected chi connectivity index (χ2v) is 7.10. The van der Waals surface area contributed by atoms with Crippen LogP contribution in [0.15, 0.2) is 23.2 Å². The van der Waals surface area contributed by atoms with Crippen molar-refractivity contribution in [1.29, 1.82) is 0 Å². The summed E-state index contributed by atoms with van der Waals surface area (Å²) in [5.74, 6) is 2.74. The zero-order valence-electron chi connectivity index (χ0n) is 18.0. The number of aliphatic imine (C=N–C) groups is 1. The molecule has 7 heteroatoms. The molecule has 2 N–H and O–H groups in total. The fourth-order valence-corrected chi connectivity index (χ4v) is 3.31. The summed E-state index contributed by atoms with van der Waals surface area (Å²) in [6.07, 6.45) is 0. The van der Waals surface area contributed by atoms with Crippen LogP contribution < -0.4 is 20.1 Å². The Morgan fingerprint density at radius 2 is 1.96 bits per heavy atom. The second-order valence-electron chi connectivity index (χ2n) is 7.10. The van der Waals surface area contributed by atoms with Crippen molar-refractivity contribution in [2.45, 2.75) is 33.7 Å². The van der Waals surface area contributed by atoms with Crippen molar-refractivity contribution in [2.75, 3.05) is 58.4 Å². The molecule has 1 fully saturated rings. The molecule has 1 heterocycles. The number of anilines is 1.